The molecule has 0 atom stereocenters. The molecule has 0 amide bonds. The Labute approximate surface area is 411 Å². The number of hydrogen-bond acceptors (Lipinski definition) is 4. The topological polar surface area (TPSA) is 78.1 Å². The molecule has 0 bridgehead atoms. The average molecular weight is 1120 g/mol. The number of benzene rings is 7. The van der Waals surface area contributed by atoms with Crippen molar-refractivity contribution < 1.29 is 0 Å². The van der Waals surface area contributed by atoms with Crippen LogP contribution < -0.4 is 22.2 Å². The molecule has 0 fully saturated rings. The van der Waals surface area contributed by atoms with Gasteiger partial charge in [0.05, 0.1) is 10.0 Å². The average Bonchev–Trinajstić information content (AvgIpc) is 3.29. The Balaban J connectivity index is 1.40. The van der Waals surface area contributed by atoms with E-state index in [0.29, 0.717) is 42.4 Å². The van der Waals surface area contributed by atoms with Gasteiger partial charge in [0, 0.05) is 83.9 Å². The van der Waals surface area contributed by atoms with Gasteiger partial charge >= 0.3 is 0 Å². The minimum Gasteiger partial charge on any atom is -0.271 e. The zero-order chi connectivity index (χ0) is 45.1. The molecule has 0 saturated heterocycles. The Kier molecular flexibility index (Phi) is 13.8. The summed E-state index contributed by atoms with van der Waals surface area (Å²) in [6.45, 7) is 8.79. The maximum atomic E-state index is 15.2. The van der Waals surface area contributed by atoms with Crippen molar-refractivity contribution in [3.63, 3.8) is 0 Å². The number of nitrogens with zero attached hydrogens (tertiary/aromatic N) is 2. The summed E-state index contributed by atoms with van der Waals surface area (Å²) in [5.74, 6) is 0. The highest BCUT2D eigenvalue weighted by molar-refractivity contribution is 14.1. The van der Waals surface area contributed by atoms with Crippen LogP contribution in [-0.4, -0.2) is 9.13 Å². The third-order valence-corrected chi connectivity index (χ3v) is 18.4. The fraction of sp³-hybridized carbons (Fsp3) is 0.481. The van der Waals surface area contributed by atoms with Crippen molar-refractivity contribution in [2.45, 2.75) is 168 Å². The second-order valence-electron chi connectivity index (χ2n) is 18.8. The summed E-state index contributed by atoms with van der Waals surface area (Å²) in [6.07, 6.45) is 20.2. The van der Waals surface area contributed by atoms with Crippen LogP contribution in [0.15, 0.2) is 43.4 Å². The lowest BCUT2D eigenvalue weighted by Gasteiger charge is -2.27. The van der Waals surface area contributed by atoms with E-state index in [9.17, 15) is 0 Å². The van der Waals surface area contributed by atoms with Crippen LogP contribution in [0.5, 0.6) is 0 Å². The molecule has 10 heteroatoms. The lowest BCUT2D eigenvalue weighted by molar-refractivity contribution is 0.384. The number of pyridine rings is 2. The molecule has 0 N–H and O–H groups in total. The van der Waals surface area contributed by atoms with Gasteiger partial charge in [-0.1, -0.05) is 154 Å². The van der Waals surface area contributed by atoms with Crippen LogP contribution in [0.2, 0.25) is 10.0 Å². The first-order valence-corrected chi connectivity index (χ1v) is 27.2. The van der Waals surface area contributed by atoms with Gasteiger partial charge in [0.25, 0.3) is 22.2 Å². The number of hydrogen-bond donors (Lipinski definition) is 0. The minimum atomic E-state index is -0.257. The van der Waals surface area contributed by atoms with E-state index >= 15 is 19.2 Å². The normalized spacial score (nSPS) is 12.9. The molecular formula is C54H58Cl2I2N2O4. The molecular weight excluding hydrogens is 1070 g/mol. The fourth-order valence-electron chi connectivity index (χ4n) is 11.5. The Hall–Kier alpha value is -2.80. The van der Waals surface area contributed by atoms with E-state index < -0.39 is 0 Å². The number of rotatable bonds is 22. The second-order valence-corrected chi connectivity index (χ2v) is 21.7. The van der Waals surface area contributed by atoms with Crippen LogP contribution in [-0.2, 0) is 0 Å². The third kappa shape index (κ3) is 7.35. The maximum absolute atomic E-state index is 15.2. The van der Waals surface area contributed by atoms with Gasteiger partial charge in [0.2, 0.25) is 0 Å². The van der Waals surface area contributed by atoms with Crippen LogP contribution in [0.1, 0.15) is 168 Å². The summed E-state index contributed by atoms with van der Waals surface area (Å²) >= 11 is 19.7. The fourth-order valence-corrected chi connectivity index (χ4v) is 13.5. The monoisotopic (exact) mass is 1120 g/mol. The lowest BCUT2D eigenvalue weighted by atomic mass is 9.80. The Morgan fingerprint density at radius 3 is 0.922 bits per heavy atom. The first-order chi connectivity index (χ1) is 31.0. The summed E-state index contributed by atoms with van der Waals surface area (Å²) in [5, 5.41) is 12.7. The van der Waals surface area contributed by atoms with Crippen molar-refractivity contribution in [1.29, 1.82) is 0 Å². The molecule has 0 unspecified atom stereocenters. The largest absolute Gasteiger partial charge is 0.271 e. The van der Waals surface area contributed by atoms with Gasteiger partial charge in [-0.05, 0) is 117 Å². The van der Waals surface area contributed by atoms with Crippen LogP contribution in [0.25, 0.3) is 86.2 Å². The molecule has 9 rings (SSSR count). The van der Waals surface area contributed by atoms with E-state index in [1.54, 1.807) is 9.13 Å². The first-order valence-electron chi connectivity index (χ1n) is 24.3. The standard InChI is InChI=1S/C54H58Cl2I2N2O4/c1-5-9-13-17-21-29(22-18-14-10-6-2)59-51(61)35-25-31-41-44-34(50(58)47(31)55)28-38-40-36(52(62)60(54(38)64)30(23-19-15-11-7-3)24-20-16-12-8-4)26-32-42(46(40)44)43-33(49(57)48(32)56)27-37(53(59)63)39(35)45(41)43/h25-30H,5-24H2,1-4H3. The van der Waals surface area contributed by atoms with E-state index in [4.69, 9.17) is 23.2 Å². The van der Waals surface area contributed by atoms with Gasteiger partial charge in [-0.25, -0.2) is 0 Å². The summed E-state index contributed by atoms with van der Waals surface area (Å²) in [4.78, 5) is 60.7. The minimum absolute atomic E-state index is 0.210. The van der Waals surface area contributed by atoms with Crippen molar-refractivity contribution in [2.75, 3.05) is 0 Å². The SMILES string of the molecule is CCCCCCC(CCCCCC)n1c(=O)c2cc3c(Cl)c(I)c4cc5c(=O)n(C(CCCCCC)CCCCCC)c(=O)c6cc7c(Cl)c(I)c8cc(c1=O)c2c1c3c4c(c65)c7c81. The van der Waals surface area contributed by atoms with Crippen molar-refractivity contribution in [3.8, 4) is 0 Å². The zero-order valence-electron chi connectivity index (χ0n) is 37.6. The van der Waals surface area contributed by atoms with Crippen LogP contribution in [0, 0.1) is 7.14 Å². The van der Waals surface area contributed by atoms with Crippen LogP contribution in [0.3, 0.4) is 0 Å². The molecule has 7 aromatic carbocycles. The lowest BCUT2D eigenvalue weighted by Crippen LogP contribution is -2.37. The van der Waals surface area contributed by atoms with Crippen molar-refractivity contribution >= 4 is 155 Å². The maximum Gasteiger partial charge on any atom is 0.261 e. The highest BCUT2D eigenvalue weighted by atomic mass is 127. The van der Waals surface area contributed by atoms with E-state index in [-0.39, 0.29) is 34.3 Å². The Morgan fingerprint density at radius 2 is 0.641 bits per heavy atom. The molecule has 0 spiro atoms. The highest BCUT2D eigenvalue weighted by Crippen LogP contribution is 2.55. The van der Waals surface area contributed by atoms with Crippen molar-refractivity contribution in [3.05, 3.63) is 82.9 Å². The van der Waals surface area contributed by atoms with Crippen LogP contribution >= 0.6 is 68.4 Å². The molecule has 0 aliphatic heterocycles. The molecule has 0 aliphatic carbocycles. The molecule has 0 aliphatic rings. The molecule has 0 saturated carbocycles. The molecule has 64 heavy (non-hydrogen) atoms. The van der Waals surface area contributed by atoms with E-state index in [2.05, 4.69) is 72.9 Å². The highest BCUT2D eigenvalue weighted by Gasteiger charge is 2.33. The molecule has 336 valence electrons. The predicted molar refractivity (Wildman–Crippen MR) is 292 cm³/mol. The molecule has 2 aromatic heterocycles. The van der Waals surface area contributed by atoms with Gasteiger partial charge < -0.3 is 0 Å². The number of unbranched alkanes of at least 4 members (excludes halogenated alkanes) is 12. The molecule has 6 nitrogen and oxygen atoms in total. The number of aromatic nitrogens is 2. The van der Waals surface area contributed by atoms with E-state index in [1.165, 1.54) is 0 Å². The zero-order valence-corrected chi connectivity index (χ0v) is 43.5. The summed E-state index contributed by atoms with van der Waals surface area (Å²) < 4.78 is 4.74. The van der Waals surface area contributed by atoms with Gasteiger partial charge in [-0.15, -0.1) is 0 Å². The van der Waals surface area contributed by atoms with Crippen LogP contribution in [0.4, 0.5) is 0 Å². The van der Waals surface area contributed by atoms with E-state index in [0.717, 1.165) is 189 Å². The predicted octanol–water partition coefficient (Wildman–Crippen LogP) is 16.6. The first kappa shape index (κ1) is 46.3. The summed E-state index contributed by atoms with van der Waals surface area (Å²) in [6, 6.07) is 7.39. The van der Waals surface area contributed by atoms with Crippen molar-refractivity contribution in [2.24, 2.45) is 0 Å². The molecule has 9 aromatic rings. The smallest absolute Gasteiger partial charge is 0.261 e. The molecule has 0 radical (unpaired) electrons. The van der Waals surface area contributed by atoms with Gasteiger partial charge in [-0.2, -0.15) is 0 Å². The van der Waals surface area contributed by atoms with Gasteiger partial charge in [0.1, 0.15) is 0 Å². The van der Waals surface area contributed by atoms with E-state index in [1.807, 2.05) is 24.3 Å². The van der Waals surface area contributed by atoms with Crippen molar-refractivity contribution in [1.82, 2.24) is 9.13 Å². The Morgan fingerprint density at radius 1 is 0.375 bits per heavy atom. The summed E-state index contributed by atoms with van der Waals surface area (Å²) in [7, 11) is 0. The number of halogens is 4. The Bertz CT molecular complexity index is 2960. The van der Waals surface area contributed by atoms with Gasteiger partial charge in [-0.3, -0.25) is 28.3 Å². The van der Waals surface area contributed by atoms with Gasteiger partial charge in [0.15, 0.2) is 0 Å². The second kappa shape index (κ2) is 19.1. The quantitative estimate of drug-likeness (QED) is 0.0293. The molecule has 2 heterocycles. The summed E-state index contributed by atoms with van der Waals surface area (Å²) in [5.41, 5.74) is -1.01. The third-order valence-electron chi connectivity index (χ3n) is 14.7.